The molecule has 1 aromatic heterocycles. The Bertz CT molecular complexity index is 423. The summed E-state index contributed by atoms with van der Waals surface area (Å²) in [6.07, 6.45) is 2.69. The molecule has 0 amide bonds. The van der Waals surface area contributed by atoms with Gasteiger partial charge in [-0.3, -0.25) is 4.98 Å². The van der Waals surface area contributed by atoms with Crippen LogP contribution in [0.2, 0.25) is 0 Å². The van der Waals surface area contributed by atoms with Gasteiger partial charge in [0.05, 0.1) is 19.0 Å². The number of halogens is 1. The average Bonchev–Trinajstić information content (AvgIpc) is 2.40. The molecule has 3 nitrogen and oxygen atoms in total. The van der Waals surface area contributed by atoms with E-state index in [1.54, 1.807) is 7.11 Å². The zero-order valence-corrected chi connectivity index (χ0v) is 11.3. The van der Waals surface area contributed by atoms with E-state index < -0.39 is 0 Å². The highest BCUT2D eigenvalue weighted by molar-refractivity contribution is 5.85. The van der Waals surface area contributed by atoms with Crippen LogP contribution >= 0.6 is 12.4 Å². The summed E-state index contributed by atoms with van der Waals surface area (Å²) in [5, 5.41) is 3.05. The minimum absolute atomic E-state index is 0. The number of aromatic nitrogens is 1. The number of benzene rings is 1. The molecule has 18 heavy (non-hydrogen) atoms. The molecule has 0 aliphatic carbocycles. The average molecular weight is 265 g/mol. The summed E-state index contributed by atoms with van der Waals surface area (Å²) in [4.78, 5) is 4.39. The van der Waals surface area contributed by atoms with Crippen LogP contribution in [0.5, 0.6) is 5.75 Å². The van der Waals surface area contributed by atoms with Crippen LogP contribution < -0.4 is 10.1 Å². The SMILES string of the molecule is CNc1ccc(Cc2ccc(OC)cc2)nc1.Cl. The van der Waals surface area contributed by atoms with Crippen LogP contribution in [0.3, 0.4) is 0 Å². The van der Waals surface area contributed by atoms with Crippen LogP contribution in [0.4, 0.5) is 5.69 Å². The lowest BCUT2D eigenvalue weighted by atomic mass is 10.1. The molecule has 96 valence electrons. The minimum atomic E-state index is 0. The molecule has 0 fully saturated rings. The molecule has 0 saturated carbocycles. The predicted molar refractivity (Wildman–Crippen MR) is 76.8 cm³/mol. The molecule has 0 aliphatic heterocycles. The van der Waals surface area contributed by atoms with Crippen LogP contribution in [-0.2, 0) is 6.42 Å². The number of pyridine rings is 1. The molecule has 2 aromatic rings. The van der Waals surface area contributed by atoms with Gasteiger partial charge in [0.15, 0.2) is 0 Å². The lowest BCUT2D eigenvalue weighted by Gasteiger charge is -2.04. The molecule has 1 heterocycles. The second-order valence-corrected chi connectivity index (χ2v) is 3.81. The van der Waals surface area contributed by atoms with E-state index in [1.165, 1.54) is 5.56 Å². The summed E-state index contributed by atoms with van der Waals surface area (Å²) < 4.78 is 5.13. The predicted octanol–water partition coefficient (Wildman–Crippen LogP) is 3.14. The third-order valence-corrected chi connectivity index (χ3v) is 2.66. The van der Waals surface area contributed by atoms with Crippen molar-refractivity contribution in [3.63, 3.8) is 0 Å². The summed E-state index contributed by atoms with van der Waals surface area (Å²) in [6, 6.07) is 12.1. The fourth-order valence-electron chi connectivity index (χ4n) is 1.63. The Morgan fingerprint density at radius 2 is 1.83 bits per heavy atom. The first-order valence-corrected chi connectivity index (χ1v) is 5.57. The maximum Gasteiger partial charge on any atom is 0.118 e. The largest absolute Gasteiger partial charge is 0.497 e. The van der Waals surface area contributed by atoms with Crippen LogP contribution in [0.1, 0.15) is 11.3 Å². The summed E-state index contributed by atoms with van der Waals surface area (Å²) in [5.41, 5.74) is 3.33. The van der Waals surface area contributed by atoms with E-state index in [0.717, 1.165) is 23.6 Å². The summed E-state index contributed by atoms with van der Waals surface area (Å²) in [5.74, 6) is 0.882. The monoisotopic (exact) mass is 264 g/mol. The summed E-state index contributed by atoms with van der Waals surface area (Å²) in [6.45, 7) is 0. The summed E-state index contributed by atoms with van der Waals surface area (Å²) >= 11 is 0. The van der Waals surface area contributed by atoms with Crippen molar-refractivity contribution in [1.82, 2.24) is 4.98 Å². The fourth-order valence-corrected chi connectivity index (χ4v) is 1.63. The van der Waals surface area contributed by atoms with Gasteiger partial charge in [0, 0.05) is 19.2 Å². The molecule has 1 N–H and O–H groups in total. The number of nitrogens with one attached hydrogen (secondary N) is 1. The number of hydrogen-bond donors (Lipinski definition) is 1. The zero-order chi connectivity index (χ0) is 12.1. The van der Waals surface area contributed by atoms with Crippen molar-refractivity contribution in [3.8, 4) is 5.75 Å². The topological polar surface area (TPSA) is 34.1 Å². The molecule has 0 radical (unpaired) electrons. The van der Waals surface area contributed by atoms with Crippen molar-refractivity contribution in [3.05, 3.63) is 53.9 Å². The highest BCUT2D eigenvalue weighted by Gasteiger charge is 1.98. The molecule has 0 saturated heterocycles. The normalized spacial score (nSPS) is 9.44. The first-order chi connectivity index (χ1) is 8.31. The Labute approximate surface area is 114 Å². The Hall–Kier alpha value is -1.74. The third kappa shape index (κ3) is 3.64. The van der Waals surface area contributed by atoms with Gasteiger partial charge >= 0.3 is 0 Å². The van der Waals surface area contributed by atoms with Crippen LogP contribution in [0, 0.1) is 0 Å². The summed E-state index contributed by atoms with van der Waals surface area (Å²) in [7, 11) is 3.56. The number of nitrogens with zero attached hydrogens (tertiary/aromatic N) is 1. The second kappa shape index (κ2) is 6.87. The van der Waals surface area contributed by atoms with Crippen LogP contribution in [0.15, 0.2) is 42.6 Å². The molecular formula is C14H17ClN2O. The van der Waals surface area contributed by atoms with E-state index in [4.69, 9.17) is 4.74 Å². The highest BCUT2D eigenvalue weighted by atomic mass is 35.5. The van der Waals surface area contributed by atoms with Crippen molar-refractivity contribution >= 4 is 18.1 Å². The standard InChI is InChI=1S/C14H16N2O.ClH/c1-15-13-6-5-12(16-10-13)9-11-3-7-14(17-2)8-4-11;/h3-8,10,15H,9H2,1-2H3;1H. The van der Waals surface area contributed by atoms with E-state index in [0.29, 0.717) is 0 Å². The van der Waals surface area contributed by atoms with Crippen molar-refractivity contribution in [2.45, 2.75) is 6.42 Å². The van der Waals surface area contributed by atoms with E-state index in [9.17, 15) is 0 Å². The zero-order valence-electron chi connectivity index (χ0n) is 10.5. The third-order valence-electron chi connectivity index (χ3n) is 2.66. The molecule has 1 aromatic carbocycles. The van der Waals surface area contributed by atoms with E-state index in [1.807, 2.05) is 37.5 Å². The van der Waals surface area contributed by atoms with E-state index in [2.05, 4.69) is 22.4 Å². The Kier molecular flexibility index (Phi) is 5.46. The molecule has 0 unspecified atom stereocenters. The minimum Gasteiger partial charge on any atom is -0.497 e. The van der Waals surface area contributed by atoms with Crippen molar-refractivity contribution in [2.75, 3.05) is 19.5 Å². The molecule has 0 spiro atoms. The number of ether oxygens (including phenoxy) is 1. The maximum atomic E-state index is 5.13. The number of anilines is 1. The van der Waals surface area contributed by atoms with Crippen molar-refractivity contribution < 1.29 is 4.74 Å². The van der Waals surface area contributed by atoms with Crippen LogP contribution in [-0.4, -0.2) is 19.1 Å². The van der Waals surface area contributed by atoms with Gasteiger partial charge in [0.1, 0.15) is 5.75 Å². The van der Waals surface area contributed by atoms with Crippen molar-refractivity contribution in [1.29, 1.82) is 0 Å². The first-order valence-electron chi connectivity index (χ1n) is 5.57. The highest BCUT2D eigenvalue weighted by Crippen LogP contribution is 2.14. The number of rotatable bonds is 4. The molecular weight excluding hydrogens is 248 g/mol. The Morgan fingerprint density at radius 1 is 1.11 bits per heavy atom. The lowest BCUT2D eigenvalue weighted by Crippen LogP contribution is -1.94. The maximum absolute atomic E-state index is 5.13. The van der Waals surface area contributed by atoms with Gasteiger partial charge in [0.2, 0.25) is 0 Å². The van der Waals surface area contributed by atoms with Gasteiger partial charge in [-0.15, -0.1) is 12.4 Å². The molecule has 2 rings (SSSR count). The van der Waals surface area contributed by atoms with Gasteiger partial charge in [-0.05, 0) is 29.8 Å². The van der Waals surface area contributed by atoms with Gasteiger partial charge in [-0.2, -0.15) is 0 Å². The number of hydrogen-bond acceptors (Lipinski definition) is 3. The lowest BCUT2D eigenvalue weighted by molar-refractivity contribution is 0.414. The molecule has 0 aliphatic rings. The van der Waals surface area contributed by atoms with Gasteiger partial charge < -0.3 is 10.1 Å². The molecule has 0 bridgehead atoms. The van der Waals surface area contributed by atoms with Gasteiger partial charge in [-0.1, -0.05) is 12.1 Å². The smallest absolute Gasteiger partial charge is 0.118 e. The number of methoxy groups -OCH3 is 1. The van der Waals surface area contributed by atoms with Gasteiger partial charge in [-0.25, -0.2) is 0 Å². The second-order valence-electron chi connectivity index (χ2n) is 3.81. The van der Waals surface area contributed by atoms with E-state index >= 15 is 0 Å². The van der Waals surface area contributed by atoms with Crippen molar-refractivity contribution in [2.24, 2.45) is 0 Å². The quantitative estimate of drug-likeness (QED) is 0.921. The van der Waals surface area contributed by atoms with Gasteiger partial charge in [0.25, 0.3) is 0 Å². The Balaban J connectivity index is 0.00000162. The van der Waals surface area contributed by atoms with E-state index in [-0.39, 0.29) is 12.4 Å². The Morgan fingerprint density at radius 3 is 2.33 bits per heavy atom. The molecule has 0 atom stereocenters. The first kappa shape index (κ1) is 14.3. The van der Waals surface area contributed by atoms with Crippen LogP contribution in [0.25, 0.3) is 0 Å². The fraction of sp³-hybridized carbons (Fsp3) is 0.214. The molecule has 4 heteroatoms.